The molecular formula is C29H46N6O12S. The highest BCUT2D eigenvalue weighted by molar-refractivity contribution is 7.80. The van der Waals surface area contributed by atoms with Gasteiger partial charge in [-0.25, -0.2) is 4.79 Å². The Labute approximate surface area is 282 Å². The van der Waals surface area contributed by atoms with Crippen LogP contribution in [-0.4, -0.2) is 122 Å². The summed E-state index contributed by atoms with van der Waals surface area (Å²) in [6, 6.07) is -8.19. The summed E-state index contributed by atoms with van der Waals surface area (Å²) < 4.78 is 0. The van der Waals surface area contributed by atoms with Gasteiger partial charge in [-0.05, 0) is 24.7 Å². The summed E-state index contributed by atoms with van der Waals surface area (Å²) in [6.45, 7) is 7.82. The fourth-order valence-electron chi connectivity index (χ4n) is 4.93. The van der Waals surface area contributed by atoms with Crippen LogP contribution in [0.2, 0.25) is 0 Å². The van der Waals surface area contributed by atoms with Crippen LogP contribution in [0, 0.1) is 11.8 Å². The third-order valence-electron chi connectivity index (χ3n) is 7.74. The highest BCUT2D eigenvalue weighted by Gasteiger charge is 2.41. The summed E-state index contributed by atoms with van der Waals surface area (Å²) in [6.07, 6.45) is -0.772. The van der Waals surface area contributed by atoms with Crippen molar-refractivity contribution < 1.29 is 58.5 Å². The van der Waals surface area contributed by atoms with E-state index in [1.54, 1.807) is 27.7 Å². The van der Waals surface area contributed by atoms with Crippen LogP contribution in [0.4, 0.5) is 0 Å². The first-order valence-electron chi connectivity index (χ1n) is 15.4. The maximum atomic E-state index is 13.7. The number of thiol groups is 1. The third kappa shape index (κ3) is 12.6. The average Bonchev–Trinajstić information content (AvgIpc) is 3.48. The maximum Gasteiger partial charge on any atom is 0.327 e. The van der Waals surface area contributed by atoms with E-state index in [9.17, 15) is 53.4 Å². The molecule has 0 saturated carbocycles. The number of carbonyl (C=O) groups excluding carboxylic acids is 6. The van der Waals surface area contributed by atoms with E-state index in [1.807, 2.05) is 0 Å². The van der Waals surface area contributed by atoms with Gasteiger partial charge in [-0.2, -0.15) is 12.6 Å². The van der Waals surface area contributed by atoms with Crippen molar-refractivity contribution >= 4 is 66.0 Å². The van der Waals surface area contributed by atoms with E-state index in [2.05, 4.69) is 39.2 Å². The van der Waals surface area contributed by atoms with Gasteiger partial charge >= 0.3 is 17.9 Å². The Morgan fingerprint density at radius 1 is 0.750 bits per heavy atom. The minimum absolute atomic E-state index is 0.165. The highest BCUT2D eigenvalue weighted by Crippen LogP contribution is 2.21. The number of hydrogen-bond acceptors (Lipinski definition) is 10. The number of hydrogen-bond donors (Lipinski definition) is 9. The normalized spacial score (nSPS) is 17.9. The van der Waals surface area contributed by atoms with Crippen molar-refractivity contribution in [2.75, 3.05) is 12.3 Å². The van der Waals surface area contributed by atoms with E-state index in [1.165, 1.54) is 4.90 Å². The van der Waals surface area contributed by atoms with Crippen molar-refractivity contribution in [1.82, 2.24) is 31.5 Å². The van der Waals surface area contributed by atoms with Crippen molar-refractivity contribution in [1.29, 1.82) is 0 Å². The Morgan fingerprint density at radius 2 is 1.27 bits per heavy atom. The molecule has 0 aromatic heterocycles. The second kappa shape index (κ2) is 19.4. The van der Waals surface area contributed by atoms with Crippen LogP contribution in [0.3, 0.4) is 0 Å². The smallest absolute Gasteiger partial charge is 0.327 e. The summed E-state index contributed by atoms with van der Waals surface area (Å²) >= 11 is 3.94. The van der Waals surface area contributed by atoms with Gasteiger partial charge in [0.1, 0.15) is 36.3 Å². The number of aliphatic carboxylic acids is 3. The first-order valence-corrected chi connectivity index (χ1v) is 16.0. The van der Waals surface area contributed by atoms with Crippen LogP contribution in [0.1, 0.15) is 66.7 Å². The van der Waals surface area contributed by atoms with Crippen LogP contribution in [0.25, 0.3) is 0 Å². The van der Waals surface area contributed by atoms with Gasteiger partial charge < -0.3 is 46.8 Å². The summed E-state index contributed by atoms with van der Waals surface area (Å²) in [5, 5.41) is 39.5. The molecule has 18 nitrogen and oxygen atoms in total. The van der Waals surface area contributed by atoms with Crippen molar-refractivity contribution in [3.8, 4) is 0 Å². The van der Waals surface area contributed by atoms with Crippen molar-refractivity contribution in [2.24, 2.45) is 11.8 Å². The Hall–Kier alpha value is -4.42. The molecule has 48 heavy (non-hydrogen) atoms. The van der Waals surface area contributed by atoms with Crippen molar-refractivity contribution in [3.05, 3.63) is 0 Å². The summed E-state index contributed by atoms with van der Waals surface area (Å²) in [7, 11) is 0. The van der Waals surface area contributed by atoms with Crippen LogP contribution in [0.15, 0.2) is 0 Å². The predicted molar refractivity (Wildman–Crippen MR) is 170 cm³/mol. The molecule has 0 aromatic rings. The highest BCUT2D eigenvalue weighted by atomic mass is 32.1. The predicted octanol–water partition coefficient (Wildman–Crippen LogP) is -1.91. The lowest BCUT2D eigenvalue weighted by molar-refractivity contribution is -0.145. The van der Waals surface area contributed by atoms with Crippen LogP contribution in [-0.2, 0) is 43.2 Å². The second-order valence-electron chi connectivity index (χ2n) is 11.9. The van der Waals surface area contributed by atoms with Crippen LogP contribution < -0.4 is 26.6 Å². The molecule has 8 N–H and O–H groups in total. The number of carbonyl (C=O) groups is 9. The fraction of sp³-hybridized carbons (Fsp3) is 0.690. The third-order valence-corrected chi connectivity index (χ3v) is 8.11. The molecule has 7 atom stereocenters. The fourth-order valence-corrected chi connectivity index (χ4v) is 5.18. The first kappa shape index (κ1) is 41.6. The molecule has 0 aromatic carbocycles. The first-order chi connectivity index (χ1) is 22.3. The molecule has 1 heterocycles. The standard InChI is InChI=1S/C29H46N6O12S/c1-6-14(4)23(34-25(42)17(11-21(39)40)31-24(41)16(10-20(37)38)30-15(5)36)27(44)33-22(13(2)3)28(45)35-9-7-8-19(35)26(43)32-18(12-48)29(46)47/h13-14,16-19,22-23,48H,6-12H2,1-5H3,(H,30,36)(H,31,41)(H,32,43)(H,33,44)(H,34,42)(H,37,38)(H,39,40)(H,46,47)/t14?,16?,17?,18?,19?,22?,23-/m1/s1. The molecule has 19 heteroatoms. The van der Waals surface area contributed by atoms with E-state index in [0.717, 1.165) is 6.92 Å². The van der Waals surface area contributed by atoms with Gasteiger partial charge in [-0.15, -0.1) is 0 Å². The number of carboxylic acid groups (broad SMARTS) is 3. The lowest BCUT2D eigenvalue weighted by atomic mass is 9.95. The molecule has 270 valence electrons. The van der Waals surface area contributed by atoms with E-state index in [4.69, 9.17) is 5.11 Å². The van der Waals surface area contributed by atoms with Gasteiger partial charge in [0, 0.05) is 19.2 Å². The molecule has 1 fully saturated rings. The zero-order valence-electron chi connectivity index (χ0n) is 27.5. The SMILES string of the molecule is CCC(C)[C@@H](NC(=O)C(CC(=O)O)NC(=O)C(CC(=O)O)NC(C)=O)C(=O)NC(C(=O)N1CCCC1C(=O)NC(CS)C(=O)O)C(C)C. The van der Waals surface area contributed by atoms with E-state index >= 15 is 0 Å². The van der Waals surface area contributed by atoms with Gasteiger partial charge in [0.25, 0.3) is 0 Å². The molecule has 6 unspecified atom stereocenters. The molecule has 1 rings (SSSR count). The summed E-state index contributed by atoms with van der Waals surface area (Å²) in [4.78, 5) is 113. The van der Waals surface area contributed by atoms with Crippen molar-refractivity contribution in [3.63, 3.8) is 0 Å². The number of likely N-dealkylation sites (tertiary alicyclic amines) is 1. The monoisotopic (exact) mass is 702 g/mol. The summed E-state index contributed by atoms with van der Waals surface area (Å²) in [5.74, 6) is -10.6. The second-order valence-corrected chi connectivity index (χ2v) is 12.2. The molecular weight excluding hydrogens is 656 g/mol. The van der Waals surface area contributed by atoms with Gasteiger partial charge in [0.05, 0.1) is 12.8 Å². The molecule has 0 radical (unpaired) electrons. The molecule has 0 bridgehead atoms. The average molecular weight is 703 g/mol. The lowest BCUT2D eigenvalue weighted by Crippen LogP contribution is -2.61. The summed E-state index contributed by atoms with van der Waals surface area (Å²) in [5.41, 5.74) is 0. The number of amides is 6. The molecule has 0 spiro atoms. The molecule has 6 amide bonds. The number of nitrogens with one attached hydrogen (secondary N) is 5. The zero-order valence-corrected chi connectivity index (χ0v) is 28.4. The maximum absolute atomic E-state index is 13.7. The largest absolute Gasteiger partial charge is 0.481 e. The molecule has 0 aliphatic carbocycles. The Morgan fingerprint density at radius 3 is 1.73 bits per heavy atom. The number of rotatable bonds is 19. The van der Waals surface area contributed by atoms with Crippen LogP contribution >= 0.6 is 12.6 Å². The Bertz CT molecular complexity index is 1230. The van der Waals surface area contributed by atoms with E-state index in [0.29, 0.717) is 12.8 Å². The number of nitrogens with zero attached hydrogens (tertiary/aromatic N) is 1. The van der Waals surface area contributed by atoms with Gasteiger partial charge in [0.2, 0.25) is 35.4 Å². The van der Waals surface area contributed by atoms with E-state index < -0.39 is 114 Å². The molecule has 1 saturated heterocycles. The topological polar surface area (TPSA) is 278 Å². The lowest BCUT2D eigenvalue weighted by Gasteiger charge is -2.33. The Kier molecular flexibility index (Phi) is 16.8. The van der Waals surface area contributed by atoms with Gasteiger partial charge in [-0.1, -0.05) is 34.1 Å². The Balaban J connectivity index is 3.23. The van der Waals surface area contributed by atoms with Crippen LogP contribution in [0.5, 0.6) is 0 Å². The molecule has 1 aliphatic heterocycles. The quantitative estimate of drug-likeness (QED) is 0.0667. The van der Waals surface area contributed by atoms with E-state index in [-0.39, 0.29) is 18.7 Å². The van der Waals surface area contributed by atoms with Crippen molar-refractivity contribution in [2.45, 2.75) is 103 Å². The molecule has 1 aliphatic rings. The van der Waals surface area contributed by atoms with Gasteiger partial charge in [-0.3, -0.25) is 38.4 Å². The zero-order chi connectivity index (χ0) is 36.9. The minimum Gasteiger partial charge on any atom is -0.481 e. The van der Waals surface area contributed by atoms with Gasteiger partial charge in [0.15, 0.2) is 0 Å². The number of carboxylic acids is 3. The minimum atomic E-state index is -1.78.